The van der Waals surface area contributed by atoms with E-state index in [-0.39, 0.29) is 4.95 Å². The molecule has 0 aromatic heterocycles. The molecule has 0 saturated heterocycles. The van der Waals surface area contributed by atoms with Gasteiger partial charge in [-0.05, 0) is 12.3 Å². The van der Waals surface area contributed by atoms with Gasteiger partial charge in [0.05, 0.1) is 4.95 Å². The Hall–Kier alpha value is -0.250. The summed E-state index contributed by atoms with van der Waals surface area (Å²) in [5.74, 6) is 0.348. The molecule has 12 heavy (non-hydrogen) atoms. The first-order valence-electron chi connectivity index (χ1n) is 4.21. The molecule has 2 N–H and O–H groups in total. The first-order valence-corrected chi connectivity index (χ1v) is 5.13. The summed E-state index contributed by atoms with van der Waals surface area (Å²) in [6.07, 6.45) is 2.37. The van der Waals surface area contributed by atoms with Crippen molar-refractivity contribution >= 4 is 22.0 Å². The Morgan fingerprint density at radius 1 is 1.67 bits per heavy atom. The van der Waals surface area contributed by atoms with E-state index in [0.29, 0.717) is 5.92 Å². The van der Waals surface area contributed by atoms with Crippen molar-refractivity contribution in [3.05, 3.63) is 0 Å². The molecule has 0 fully saturated rings. The number of hydrogen-bond acceptors (Lipinski definition) is 1. The van der Waals surface area contributed by atoms with E-state index in [1.165, 1.54) is 0 Å². The lowest BCUT2D eigenvalue weighted by molar-refractivity contribution is 0.191. The Labute approximate surface area is 81.7 Å². The Balaban J connectivity index is 3.60. The quantitative estimate of drug-likeness (QED) is 0.571. The standard InChI is InChI=1S/C8H16BrNO2/c1-3-4-5-6(2)7(9)10-8(11)12/h6-7,10H,3-5H2,1-2H3,(H,11,12). The lowest BCUT2D eigenvalue weighted by Crippen LogP contribution is -2.33. The molecule has 1 amide bonds. The van der Waals surface area contributed by atoms with E-state index in [2.05, 4.69) is 28.2 Å². The molecule has 0 aliphatic heterocycles. The first kappa shape index (κ1) is 11.8. The smallest absolute Gasteiger partial charge is 0.405 e. The van der Waals surface area contributed by atoms with Crippen molar-refractivity contribution in [3.8, 4) is 0 Å². The molecule has 0 aromatic rings. The zero-order valence-corrected chi connectivity index (χ0v) is 9.10. The molecular formula is C8H16BrNO2. The van der Waals surface area contributed by atoms with E-state index >= 15 is 0 Å². The molecule has 0 aromatic carbocycles. The molecule has 0 radical (unpaired) electrons. The highest BCUT2D eigenvalue weighted by molar-refractivity contribution is 9.09. The number of amides is 1. The van der Waals surface area contributed by atoms with Gasteiger partial charge in [0.15, 0.2) is 0 Å². The Morgan fingerprint density at radius 3 is 2.67 bits per heavy atom. The Bertz CT molecular complexity index is 141. The monoisotopic (exact) mass is 237 g/mol. The number of nitrogens with one attached hydrogen (secondary N) is 1. The summed E-state index contributed by atoms with van der Waals surface area (Å²) in [5.41, 5.74) is 0. The summed E-state index contributed by atoms with van der Waals surface area (Å²) in [7, 11) is 0. The van der Waals surface area contributed by atoms with Crippen LogP contribution in [0.25, 0.3) is 0 Å². The third kappa shape index (κ3) is 5.41. The minimum absolute atomic E-state index is 0.124. The third-order valence-electron chi connectivity index (χ3n) is 1.77. The summed E-state index contributed by atoms with van der Waals surface area (Å²) in [5, 5.41) is 10.8. The summed E-state index contributed by atoms with van der Waals surface area (Å²) < 4.78 is 0. The topological polar surface area (TPSA) is 49.3 Å². The van der Waals surface area contributed by atoms with Gasteiger partial charge in [-0.2, -0.15) is 0 Å². The zero-order valence-electron chi connectivity index (χ0n) is 7.51. The number of carbonyl (C=O) groups is 1. The average Bonchev–Trinajstić information content (AvgIpc) is 1.98. The number of carboxylic acid groups (broad SMARTS) is 1. The van der Waals surface area contributed by atoms with Crippen LogP contribution in [0.4, 0.5) is 4.79 Å². The van der Waals surface area contributed by atoms with Crippen molar-refractivity contribution in [1.82, 2.24) is 5.32 Å². The number of unbranched alkanes of at least 4 members (excludes halogenated alkanes) is 1. The zero-order chi connectivity index (χ0) is 9.56. The molecule has 4 heteroatoms. The van der Waals surface area contributed by atoms with E-state index in [1.807, 2.05) is 6.92 Å². The maximum Gasteiger partial charge on any atom is 0.405 e. The molecule has 3 nitrogen and oxygen atoms in total. The summed E-state index contributed by atoms with van der Waals surface area (Å²) >= 11 is 3.28. The van der Waals surface area contributed by atoms with Gasteiger partial charge < -0.3 is 10.4 Å². The van der Waals surface area contributed by atoms with Crippen LogP contribution < -0.4 is 5.32 Å². The molecule has 0 heterocycles. The highest BCUT2D eigenvalue weighted by Crippen LogP contribution is 2.16. The summed E-state index contributed by atoms with van der Waals surface area (Å²) in [6, 6.07) is 0. The number of hydrogen-bond donors (Lipinski definition) is 2. The van der Waals surface area contributed by atoms with Crippen LogP contribution in [0, 0.1) is 5.92 Å². The van der Waals surface area contributed by atoms with Crippen LogP contribution in [0.2, 0.25) is 0 Å². The predicted octanol–water partition coefficient (Wildman–Crippen LogP) is 2.80. The van der Waals surface area contributed by atoms with Crippen LogP contribution in [0.5, 0.6) is 0 Å². The second kappa shape index (κ2) is 6.29. The average molecular weight is 238 g/mol. The number of alkyl halides is 1. The van der Waals surface area contributed by atoms with Gasteiger partial charge in [0.1, 0.15) is 0 Å². The van der Waals surface area contributed by atoms with Gasteiger partial charge in [-0.3, -0.25) is 0 Å². The van der Waals surface area contributed by atoms with Gasteiger partial charge in [-0.25, -0.2) is 4.79 Å². The van der Waals surface area contributed by atoms with Crippen LogP contribution >= 0.6 is 15.9 Å². The maximum atomic E-state index is 10.2. The lowest BCUT2D eigenvalue weighted by Gasteiger charge is -2.17. The van der Waals surface area contributed by atoms with Crippen LogP contribution in [0.3, 0.4) is 0 Å². The Kier molecular flexibility index (Phi) is 6.16. The van der Waals surface area contributed by atoms with E-state index in [4.69, 9.17) is 5.11 Å². The van der Waals surface area contributed by atoms with Crippen molar-refractivity contribution in [2.24, 2.45) is 5.92 Å². The van der Waals surface area contributed by atoms with E-state index in [9.17, 15) is 4.79 Å². The third-order valence-corrected chi connectivity index (χ3v) is 2.91. The molecule has 0 aliphatic carbocycles. The van der Waals surface area contributed by atoms with Crippen molar-refractivity contribution in [1.29, 1.82) is 0 Å². The predicted molar refractivity (Wildman–Crippen MR) is 52.6 cm³/mol. The minimum atomic E-state index is -0.972. The van der Waals surface area contributed by atoms with E-state index in [1.54, 1.807) is 0 Å². The molecule has 2 atom stereocenters. The normalized spacial score (nSPS) is 15.2. The number of rotatable bonds is 5. The molecule has 0 saturated carbocycles. The second-order valence-corrected chi connectivity index (χ2v) is 3.96. The van der Waals surface area contributed by atoms with Gasteiger partial charge in [-0.1, -0.05) is 42.6 Å². The van der Waals surface area contributed by atoms with Crippen LogP contribution in [-0.4, -0.2) is 16.2 Å². The molecule has 0 rings (SSSR count). The lowest BCUT2D eigenvalue weighted by atomic mass is 10.0. The molecular weight excluding hydrogens is 222 g/mol. The van der Waals surface area contributed by atoms with E-state index in [0.717, 1.165) is 19.3 Å². The van der Waals surface area contributed by atoms with Crippen molar-refractivity contribution < 1.29 is 9.90 Å². The van der Waals surface area contributed by atoms with E-state index < -0.39 is 6.09 Å². The fraction of sp³-hybridized carbons (Fsp3) is 0.875. The summed E-state index contributed by atoms with van der Waals surface area (Å²) in [6.45, 7) is 4.16. The molecule has 72 valence electrons. The molecule has 0 aliphatic rings. The summed E-state index contributed by atoms with van der Waals surface area (Å²) in [4.78, 5) is 10.1. The highest BCUT2D eigenvalue weighted by Gasteiger charge is 2.14. The molecule has 2 unspecified atom stereocenters. The first-order chi connectivity index (χ1) is 5.57. The number of halogens is 1. The largest absolute Gasteiger partial charge is 0.465 e. The van der Waals surface area contributed by atoms with Gasteiger partial charge in [0.25, 0.3) is 0 Å². The minimum Gasteiger partial charge on any atom is -0.465 e. The van der Waals surface area contributed by atoms with Crippen LogP contribution in [0.1, 0.15) is 33.1 Å². The fourth-order valence-corrected chi connectivity index (χ4v) is 1.39. The van der Waals surface area contributed by atoms with Gasteiger partial charge in [0, 0.05) is 0 Å². The highest BCUT2D eigenvalue weighted by atomic mass is 79.9. The second-order valence-electron chi connectivity index (χ2n) is 2.97. The van der Waals surface area contributed by atoms with Gasteiger partial charge in [0.2, 0.25) is 0 Å². The maximum absolute atomic E-state index is 10.2. The van der Waals surface area contributed by atoms with Crippen LogP contribution in [-0.2, 0) is 0 Å². The Morgan fingerprint density at radius 2 is 2.25 bits per heavy atom. The van der Waals surface area contributed by atoms with Gasteiger partial charge in [-0.15, -0.1) is 0 Å². The van der Waals surface area contributed by atoms with Crippen molar-refractivity contribution in [2.45, 2.75) is 38.1 Å². The molecule has 0 spiro atoms. The fourth-order valence-electron chi connectivity index (χ4n) is 0.933. The molecule has 0 bridgehead atoms. The SMILES string of the molecule is CCCCC(C)C(Br)NC(=O)O. The van der Waals surface area contributed by atoms with Crippen molar-refractivity contribution in [3.63, 3.8) is 0 Å². The van der Waals surface area contributed by atoms with Crippen LogP contribution in [0.15, 0.2) is 0 Å². The van der Waals surface area contributed by atoms with Crippen molar-refractivity contribution in [2.75, 3.05) is 0 Å². The van der Waals surface area contributed by atoms with Gasteiger partial charge >= 0.3 is 6.09 Å².